The van der Waals surface area contributed by atoms with Crippen LogP contribution in [0.25, 0.3) is 0 Å². The van der Waals surface area contributed by atoms with Crippen LogP contribution in [0.3, 0.4) is 0 Å². The van der Waals surface area contributed by atoms with E-state index in [1.165, 1.54) is 81.6 Å². The Kier molecular flexibility index (Phi) is 17.8. The lowest BCUT2D eigenvalue weighted by atomic mass is 10.1. The summed E-state index contributed by atoms with van der Waals surface area (Å²) >= 11 is 0.0305. The van der Waals surface area contributed by atoms with Crippen LogP contribution in [-0.4, -0.2) is 20.4 Å². The van der Waals surface area contributed by atoms with Crippen molar-refractivity contribution in [3.63, 3.8) is 0 Å². The molecule has 0 aliphatic heterocycles. The molecular formula is C20H35ClMg. The molecule has 0 aliphatic carbocycles. The summed E-state index contributed by atoms with van der Waals surface area (Å²) in [4.78, 5) is 0. The van der Waals surface area contributed by atoms with Crippen LogP contribution in [0.2, 0.25) is 4.55 Å². The monoisotopic (exact) mass is 334 g/mol. The third-order valence-corrected chi connectivity index (χ3v) is 6.31. The van der Waals surface area contributed by atoms with Crippen molar-refractivity contribution in [2.45, 2.75) is 88.5 Å². The predicted octanol–water partition coefficient (Wildman–Crippen LogP) is 6.56. The molecule has 1 rings (SSSR count). The van der Waals surface area contributed by atoms with Crippen LogP contribution in [0.1, 0.15) is 84.0 Å². The zero-order valence-electron chi connectivity index (χ0n) is 14.7. The Bertz CT molecular complexity index is 313. The van der Waals surface area contributed by atoms with Gasteiger partial charge in [0.1, 0.15) is 0 Å². The Morgan fingerprint density at radius 2 is 1.09 bits per heavy atom. The van der Waals surface area contributed by atoms with Crippen molar-refractivity contribution in [1.29, 1.82) is 0 Å². The molecule has 0 heterocycles. The molecule has 0 saturated heterocycles. The quantitative estimate of drug-likeness (QED) is 0.267. The summed E-state index contributed by atoms with van der Waals surface area (Å²) in [7, 11) is 0. The fraction of sp³-hybridized carbons (Fsp3) is 0.700. The van der Waals surface area contributed by atoms with E-state index in [1.54, 1.807) is 3.69 Å². The molecule has 22 heavy (non-hydrogen) atoms. The number of hydrogen-bond donors (Lipinski definition) is 0. The summed E-state index contributed by atoms with van der Waals surface area (Å²) in [5.41, 5.74) is 0. The number of hydrogen-bond acceptors (Lipinski definition) is 0. The number of benzene rings is 1. The van der Waals surface area contributed by atoms with E-state index in [0.717, 1.165) is 0 Å². The predicted molar refractivity (Wildman–Crippen MR) is 105 cm³/mol. The molecule has 0 aliphatic rings. The highest BCUT2D eigenvalue weighted by molar-refractivity contribution is 6.53. The van der Waals surface area contributed by atoms with Crippen LogP contribution in [0.15, 0.2) is 30.3 Å². The van der Waals surface area contributed by atoms with Gasteiger partial charge in [-0.1, -0.05) is 114 Å². The van der Waals surface area contributed by atoms with Crippen LogP contribution < -0.4 is 3.69 Å². The first kappa shape index (κ1) is 22.3. The van der Waals surface area contributed by atoms with E-state index in [1.807, 2.05) is 0 Å². The molecule has 1 aromatic carbocycles. The van der Waals surface area contributed by atoms with Gasteiger partial charge in [-0.3, -0.25) is 0 Å². The van der Waals surface area contributed by atoms with Gasteiger partial charge in [0, 0.05) is 0 Å². The highest BCUT2D eigenvalue weighted by Crippen LogP contribution is 2.12. The molecule has 0 aromatic heterocycles. The van der Waals surface area contributed by atoms with Crippen molar-refractivity contribution in [2.75, 3.05) is 0 Å². The number of rotatable bonds is 14. The molecule has 0 atom stereocenters. The van der Waals surface area contributed by atoms with Crippen LogP contribution in [0.4, 0.5) is 0 Å². The lowest BCUT2D eigenvalue weighted by Crippen LogP contribution is -2.12. The maximum atomic E-state index is 2.31. The standard InChI is InChI=1S/C14H29.C6H5.ClH.Mg/c1-3-5-7-9-11-13-14-12-10-8-6-4-2;1-2-4-6-5-3-1;;/h1,3-14H2,2H3;1-5H;1H;. The normalized spacial score (nSPS) is 10.0. The maximum Gasteiger partial charge on any atom is 0.408 e. The van der Waals surface area contributed by atoms with Crippen LogP contribution in [0.5, 0.6) is 0 Å². The number of unbranched alkanes of at least 4 members (excludes halogenated alkanes) is 11. The van der Waals surface area contributed by atoms with Gasteiger partial charge in [0.25, 0.3) is 0 Å². The minimum atomic E-state index is 0. The highest BCUT2D eigenvalue weighted by Gasteiger charge is 1.98. The molecule has 0 saturated carbocycles. The Morgan fingerprint density at radius 1 is 0.636 bits per heavy atom. The fourth-order valence-corrected chi connectivity index (χ4v) is 4.61. The highest BCUT2D eigenvalue weighted by atomic mass is 35.5. The van der Waals surface area contributed by atoms with Gasteiger partial charge in [0.05, 0.1) is 0 Å². The van der Waals surface area contributed by atoms with Gasteiger partial charge in [0.2, 0.25) is 0 Å². The molecule has 2 heteroatoms. The van der Waals surface area contributed by atoms with Gasteiger partial charge in [0.15, 0.2) is 0 Å². The lowest BCUT2D eigenvalue weighted by Gasteiger charge is -2.03. The second-order valence-electron chi connectivity index (χ2n) is 6.48. The Morgan fingerprint density at radius 3 is 1.59 bits per heavy atom. The summed E-state index contributed by atoms with van der Waals surface area (Å²) in [6, 6.07) is 11.1. The van der Waals surface area contributed by atoms with Gasteiger partial charge in [-0.2, -0.15) is 3.69 Å². The second-order valence-corrected chi connectivity index (χ2v) is 8.50. The third-order valence-electron chi connectivity index (χ3n) is 4.41. The van der Waals surface area contributed by atoms with E-state index in [4.69, 9.17) is 0 Å². The van der Waals surface area contributed by atoms with Crippen molar-refractivity contribution in [3.8, 4) is 0 Å². The van der Waals surface area contributed by atoms with E-state index in [0.29, 0.717) is 0 Å². The molecule has 0 fully saturated rings. The molecule has 0 N–H and O–H groups in total. The average Bonchev–Trinajstić information content (AvgIpc) is 2.53. The fourth-order valence-electron chi connectivity index (χ4n) is 2.99. The molecule has 1 aromatic rings. The summed E-state index contributed by atoms with van der Waals surface area (Å²) in [5, 5.41) is 0. The van der Waals surface area contributed by atoms with Crippen LogP contribution in [0, 0.1) is 0 Å². The molecule has 124 valence electrons. The molecule has 0 bridgehead atoms. The minimum absolute atomic E-state index is 0. The lowest BCUT2D eigenvalue weighted by molar-refractivity contribution is 0.548. The van der Waals surface area contributed by atoms with Crippen LogP contribution in [-0.2, 0) is 0 Å². The van der Waals surface area contributed by atoms with Gasteiger partial charge < -0.3 is 0 Å². The first-order valence-corrected chi connectivity index (χ1v) is 11.2. The summed E-state index contributed by atoms with van der Waals surface area (Å²) in [6.45, 7) is 2.29. The largest absolute Gasteiger partial charge is 0.408 e. The van der Waals surface area contributed by atoms with Crippen molar-refractivity contribution in [2.24, 2.45) is 0 Å². The van der Waals surface area contributed by atoms with Crippen molar-refractivity contribution in [1.82, 2.24) is 0 Å². The van der Waals surface area contributed by atoms with Crippen molar-refractivity contribution in [3.05, 3.63) is 30.3 Å². The van der Waals surface area contributed by atoms with E-state index in [9.17, 15) is 0 Å². The third kappa shape index (κ3) is 13.9. The maximum absolute atomic E-state index is 2.31. The average molecular weight is 335 g/mol. The molecule has 0 spiro atoms. The van der Waals surface area contributed by atoms with E-state index < -0.39 is 0 Å². The SMILES string of the molecule is CCCCCCCCCCCCC[CH2][Mg][c]1ccccc1.Cl. The first-order chi connectivity index (χ1) is 10.4. The summed E-state index contributed by atoms with van der Waals surface area (Å²) in [5.74, 6) is 0. The smallest absolute Gasteiger partial charge is 0.174 e. The van der Waals surface area contributed by atoms with E-state index >= 15 is 0 Å². The molecule has 0 amide bonds. The Labute approximate surface area is 155 Å². The van der Waals surface area contributed by atoms with Gasteiger partial charge in [-0.25, -0.2) is 0 Å². The Hall–Kier alpha value is 0.276. The summed E-state index contributed by atoms with van der Waals surface area (Å²) in [6.07, 6.45) is 17.5. The zero-order chi connectivity index (χ0) is 15.0. The Balaban J connectivity index is 0.00000441. The topological polar surface area (TPSA) is 0 Å². The minimum Gasteiger partial charge on any atom is -0.174 e. The molecule has 0 unspecified atom stereocenters. The molecular weight excluding hydrogens is 300 g/mol. The number of halogens is 1. The van der Waals surface area contributed by atoms with Gasteiger partial charge in [-0.15, -0.1) is 17.0 Å². The van der Waals surface area contributed by atoms with E-state index in [-0.39, 0.29) is 32.8 Å². The summed E-state index contributed by atoms with van der Waals surface area (Å²) < 4.78 is 3.14. The first-order valence-electron chi connectivity index (χ1n) is 9.47. The van der Waals surface area contributed by atoms with Crippen LogP contribution >= 0.6 is 12.4 Å². The van der Waals surface area contributed by atoms with Crippen molar-refractivity contribution < 1.29 is 0 Å². The van der Waals surface area contributed by atoms with E-state index in [2.05, 4.69) is 37.3 Å². The zero-order valence-corrected chi connectivity index (χ0v) is 16.9. The molecule has 0 radical (unpaired) electrons. The van der Waals surface area contributed by atoms with Gasteiger partial charge >= 0.3 is 20.4 Å². The second kappa shape index (κ2) is 17.6. The van der Waals surface area contributed by atoms with Crippen molar-refractivity contribution >= 4 is 36.5 Å². The molecule has 0 nitrogen and oxygen atoms in total. The van der Waals surface area contributed by atoms with Gasteiger partial charge in [-0.05, 0) is 0 Å².